The van der Waals surface area contributed by atoms with Crippen molar-refractivity contribution in [3.05, 3.63) is 0 Å². The summed E-state index contributed by atoms with van der Waals surface area (Å²) < 4.78 is 4.82. The molecule has 0 aromatic heterocycles. The van der Waals surface area contributed by atoms with Gasteiger partial charge in [-0.3, -0.25) is 14.5 Å². The van der Waals surface area contributed by atoms with Gasteiger partial charge in [-0.05, 0) is 20.3 Å². The second-order valence-electron chi connectivity index (χ2n) is 5.06. The number of rotatable bonds is 6. The minimum Gasteiger partial charge on any atom is -0.463 e. The Bertz CT molecular complexity index is 380. The van der Waals surface area contributed by atoms with Crippen molar-refractivity contribution in [3.63, 3.8) is 0 Å². The van der Waals surface area contributed by atoms with Gasteiger partial charge in [-0.1, -0.05) is 6.92 Å². The molecule has 19 heavy (non-hydrogen) atoms. The largest absolute Gasteiger partial charge is 0.463 e. The number of urea groups is 1. The van der Waals surface area contributed by atoms with E-state index in [2.05, 4.69) is 5.32 Å². The molecule has 7 heteroatoms. The Hall–Kier alpha value is -1.63. The average Bonchev–Trinajstić information content (AvgIpc) is 2.49. The third-order valence-corrected chi connectivity index (χ3v) is 2.73. The number of carbonyl (C=O) groups excluding carboxylic acids is 3. The van der Waals surface area contributed by atoms with Gasteiger partial charge in [0.25, 0.3) is 5.91 Å². The first kappa shape index (κ1) is 15.4. The fourth-order valence-corrected chi connectivity index (χ4v) is 1.71. The van der Waals surface area contributed by atoms with Gasteiger partial charge in [0.1, 0.15) is 18.2 Å². The molecule has 1 rings (SSSR count). The van der Waals surface area contributed by atoms with E-state index in [1.807, 2.05) is 6.92 Å². The van der Waals surface area contributed by atoms with Gasteiger partial charge >= 0.3 is 12.0 Å². The second-order valence-corrected chi connectivity index (χ2v) is 5.06. The molecule has 108 valence electrons. The summed E-state index contributed by atoms with van der Waals surface area (Å²) in [6.07, 6.45) is -0.136. The van der Waals surface area contributed by atoms with Crippen LogP contribution < -0.4 is 5.32 Å². The van der Waals surface area contributed by atoms with Gasteiger partial charge in [0.2, 0.25) is 0 Å². The van der Waals surface area contributed by atoms with Crippen molar-refractivity contribution in [3.8, 4) is 0 Å². The summed E-state index contributed by atoms with van der Waals surface area (Å²) in [5.41, 5.74) is -0.963. The number of nitrogens with one attached hydrogen (secondary N) is 1. The summed E-state index contributed by atoms with van der Waals surface area (Å²) >= 11 is 0. The molecule has 7 nitrogen and oxygen atoms in total. The summed E-state index contributed by atoms with van der Waals surface area (Å²) in [6.45, 7) is 4.60. The first-order chi connectivity index (χ1) is 8.77. The lowest BCUT2D eigenvalue weighted by Gasteiger charge is -2.19. The third-order valence-electron chi connectivity index (χ3n) is 2.73. The molecule has 1 atom stereocenters. The fraction of sp³-hybridized carbons (Fsp3) is 0.750. The van der Waals surface area contributed by atoms with Gasteiger partial charge in [0.15, 0.2) is 0 Å². The smallest absolute Gasteiger partial charge is 0.325 e. The monoisotopic (exact) mass is 272 g/mol. The Kier molecular flexibility index (Phi) is 4.88. The van der Waals surface area contributed by atoms with Crippen molar-refractivity contribution in [2.24, 2.45) is 0 Å². The number of esters is 1. The quantitative estimate of drug-likeness (QED) is 0.525. The van der Waals surface area contributed by atoms with E-state index in [0.717, 1.165) is 4.90 Å². The normalized spacial score (nSPS) is 19.3. The summed E-state index contributed by atoms with van der Waals surface area (Å²) in [4.78, 5) is 35.4. The van der Waals surface area contributed by atoms with Crippen molar-refractivity contribution >= 4 is 17.9 Å². The molecule has 0 aromatic rings. The summed E-state index contributed by atoms with van der Waals surface area (Å²) in [5.74, 6) is -0.810. The second kappa shape index (κ2) is 6.01. The van der Waals surface area contributed by atoms with Crippen molar-refractivity contribution in [1.29, 1.82) is 0 Å². The molecule has 0 radical (unpaired) electrons. The highest BCUT2D eigenvalue weighted by Gasteiger charge is 2.44. The maximum absolute atomic E-state index is 11.8. The Morgan fingerprint density at radius 3 is 2.58 bits per heavy atom. The lowest BCUT2D eigenvalue weighted by Crippen LogP contribution is -2.42. The maximum Gasteiger partial charge on any atom is 0.325 e. The topological polar surface area (TPSA) is 95.9 Å². The van der Waals surface area contributed by atoms with Crippen molar-refractivity contribution in [1.82, 2.24) is 10.2 Å². The van der Waals surface area contributed by atoms with E-state index in [9.17, 15) is 19.5 Å². The zero-order chi connectivity index (χ0) is 14.6. The minimum atomic E-state index is -1.08. The molecule has 0 spiro atoms. The minimum absolute atomic E-state index is 0.187. The van der Waals surface area contributed by atoms with E-state index < -0.39 is 29.6 Å². The summed E-state index contributed by atoms with van der Waals surface area (Å²) in [6, 6.07) is -0.547. The van der Waals surface area contributed by atoms with Gasteiger partial charge in [0.05, 0.1) is 6.54 Å². The van der Waals surface area contributed by atoms with Crippen LogP contribution >= 0.6 is 0 Å². The van der Waals surface area contributed by atoms with Crippen molar-refractivity contribution in [2.75, 3.05) is 13.2 Å². The van der Waals surface area contributed by atoms with Crippen LogP contribution in [-0.4, -0.2) is 52.7 Å². The lowest BCUT2D eigenvalue weighted by molar-refractivity contribution is -0.147. The van der Waals surface area contributed by atoms with E-state index in [0.29, 0.717) is 6.42 Å². The SMILES string of the molecule is CCCC(=O)OCC(O)CN1C(=O)NC(C)(C)C1=O. The molecule has 0 bridgehead atoms. The van der Waals surface area contributed by atoms with E-state index >= 15 is 0 Å². The average molecular weight is 272 g/mol. The standard InChI is InChI=1S/C12H20N2O5/c1-4-5-9(16)19-7-8(15)6-14-10(17)12(2,3)13-11(14)18/h8,15H,4-7H2,1-3H3,(H,13,18). The number of carbonyl (C=O) groups is 3. The molecule has 1 aliphatic rings. The maximum atomic E-state index is 11.8. The van der Waals surface area contributed by atoms with E-state index in [4.69, 9.17) is 4.74 Å². The molecule has 0 saturated carbocycles. The number of hydrogen-bond acceptors (Lipinski definition) is 5. The van der Waals surface area contributed by atoms with Crippen LogP contribution in [0, 0.1) is 0 Å². The van der Waals surface area contributed by atoms with Crippen LogP contribution in [0.2, 0.25) is 0 Å². The molecule has 1 saturated heterocycles. The number of β-amino-alcohol motifs (C(OH)–C–C–N with tert-alkyl or cyclic N) is 1. The molecule has 0 aliphatic carbocycles. The molecular weight excluding hydrogens is 252 g/mol. The zero-order valence-corrected chi connectivity index (χ0v) is 11.4. The van der Waals surface area contributed by atoms with Crippen molar-refractivity contribution in [2.45, 2.75) is 45.3 Å². The van der Waals surface area contributed by atoms with Gasteiger partial charge in [-0.25, -0.2) is 4.79 Å². The number of amides is 3. The molecular formula is C12H20N2O5. The number of ether oxygens (including phenoxy) is 1. The van der Waals surface area contributed by atoms with Crippen molar-refractivity contribution < 1.29 is 24.2 Å². The summed E-state index contributed by atoms with van der Waals surface area (Å²) in [5, 5.41) is 12.2. The van der Waals surface area contributed by atoms with E-state index in [1.54, 1.807) is 13.8 Å². The van der Waals surface area contributed by atoms with E-state index in [1.165, 1.54) is 0 Å². The van der Waals surface area contributed by atoms with Gasteiger partial charge < -0.3 is 15.2 Å². The highest BCUT2D eigenvalue weighted by atomic mass is 16.5. The Labute approximate surface area is 111 Å². The Morgan fingerprint density at radius 1 is 1.47 bits per heavy atom. The highest BCUT2D eigenvalue weighted by molar-refractivity contribution is 6.06. The molecule has 3 amide bonds. The molecule has 1 fully saturated rings. The summed E-state index contributed by atoms with van der Waals surface area (Å²) in [7, 11) is 0. The van der Waals surface area contributed by atoms with Crippen LogP contribution in [0.1, 0.15) is 33.6 Å². The molecule has 2 N–H and O–H groups in total. The number of aliphatic hydroxyl groups is 1. The van der Waals surface area contributed by atoms with Gasteiger partial charge in [-0.15, -0.1) is 0 Å². The Morgan fingerprint density at radius 2 is 2.11 bits per heavy atom. The zero-order valence-electron chi connectivity index (χ0n) is 11.4. The lowest BCUT2D eigenvalue weighted by atomic mass is 10.1. The molecule has 1 unspecified atom stereocenters. The van der Waals surface area contributed by atoms with Crippen LogP contribution in [0.5, 0.6) is 0 Å². The van der Waals surface area contributed by atoms with E-state index in [-0.39, 0.29) is 19.6 Å². The number of hydrogen-bond donors (Lipinski definition) is 2. The predicted molar refractivity (Wildman–Crippen MR) is 66.2 cm³/mol. The van der Waals surface area contributed by atoms with Crippen LogP contribution in [0.3, 0.4) is 0 Å². The van der Waals surface area contributed by atoms with Crippen LogP contribution in [0.15, 0.2) is 0 Å². The predicted octanol–water partition coefficient (Wildman–Crippen LogP) is 0.0210. The first-order valence-electron chi connectivity index (χ1n) is 6.25. The number of imide groups is 1. The number of nitrogens with zero attached hydrogens (tertiary/aromatic N) is 1. The Balaban J connectivity index is 2.45. The molecule has 1 aliphatic heterocycles. The molecule has 1 heterocycles. The third kappa shape index (κ3) is 3.92. The fourth-order valence-electron chi connectivity index (χ4n) is 1.71. The van der Waals surface area contributed by atoms with Crippen LogP contribution in [-0.2, 0) is 14.3 Å². The van der Waals surface area contributed by atoms with Gasteiger partial charge in [-0.2, -0.15) is 0 Å². The first-order valence-corrected chi connectivity index (χ1v) is 6.25. The van der Waals surface area contributed by atoms with Crippen LogP contribution in [0.4, 0.5) is 4.79 Å². The molecule has 0 aromatic carbocycles. The van der Waals surface area contributed by atoms with Crippen LogP contribution in [0.25, 0.3) is 0 Å². The highest BCUT2D eigenvalue weighted by Crippen LogP contribution is 2.16. The number of aliphatic hydroxyl groups excluding tert-OH is 1. The van der Waals surface area contributed by atoms with Gasteiger partial charge in [0, 0.05) is 6.42 Å².